The maximum atomic E-state index is 13.5. The average Bonchev–Trinajstić information content (AvgIpc) is 2.44. The lowest BCUT2D eigenvalue weighted by Gasteiger charge is -2.30. The number of ether oxygens (including phenoxy) is 1. The summed E-state index contributed by atoms with van der Waals surface area (Å²) in [6, 6.07) is 2.50. The Morgan fingerprint density at radius 3 is 2.48 bits per heavy atom. The second-order valence-corrected chi connectivity index (χ2v) is 7.08. The fourth-order valence-corrected chi connectivity index (χ4v) is 2.60. The fraction of sp³-hybridized carbons (Fsp3) is 0.500. The van der Waals surface area contributed by atoms with Crippen molar-refractivity contribution < 1.29 is 27.1 Å². The molecule has 0 bridgehead atoms. The minimum absolute atomic E-state index is 0.153. The highest BCUT2D eigenvalue weighted by molar-refractivity contribution is 5.68. The van der Waals surface area contributed by atoms with Crippen molar-refractivity contribution in [1.82, 2.24) is 4.90 Å². The monoisotopic (exact) mass is 359 g/mol. The van der Waals surface area contributed by atoms with Gasteiger partial charge in [-0.1, -0.05) is 11.6 Å². The smallest absolute Gasteiger partial charge is 0.416 e. The lowest BCUT2D eigenvalue weighted by molar-refractivity contribution is -0.137. The molecule has 1 amide bonds. The zero-order chi connectivity index (χ0) is 18.8. The Morgan fingerprint density at radius 2 is 1.88 bits per heavy atom. The van der Waals surface area contributed by atoms with Gasteiger partial charge in [0.1, 0.15) is 11.4 Å². The molecule has 1 aromatic carbocycles. The van der Waals surface area contributed by atoms with Crippen molar-refractivity contribution in [3.8, 4) is 0 Å². The first-order chi connectivity index (χ1) is 11.4. The summed E-state index contributed by atoms with van der Waals surface area (Å²) < 4.78 is 57.2. The molecule has 0 saturated carbocycles. The largest absolute Gasteiger partial charge is 0.444 e. The quantitative estimate of drug-likeness (QED) is 0.552. The van der Waals surface area contributed by atoms with Gasteiger partial charge < -0.3 is 9.64 Å². The number of carbonyl (C=O) groups is 1. The molecule has 0 atom stereocenters. The molecular weight excluding hydrogens is 338 g/mol. The molecule has 0 unspecified atom stereocenters. The zero-order valence-corrected chi connectivity index (χ0v) is 14.4. The van der Waals surface area contributed by atoms with E-state index in [0.717, 1.165) is 17.7 Å². The van der Waals surface area contributed by atoms with Crippen molar-refractivity contribution in [2.24, 2.45) is 0 Å². The summed E-state index contributed by atoms with van der Waals surface area (Å²) in [5.74, 6) is -0.926. The SMILES string of the molecule is CC(C)(C)OC(=O)N1CCC=C(Cc2cc(F)cc(C(F)(F)F)c2)C1. The molecule has 0 spiro atoms. The summed E-state index contributed by atoms with van der Waals surface area (Å²) in [5.41, 5.74) is -0.647. The highest BCUT2D eigenvalue weighted by atomic mass is 19.4. The van der Waals surface area contributed by atoms with Crippen LogP contribution in [-0.4, -0.2) is 29.7 Å². The predicted octanol–water partition coefficient (Wildman–Crippen LogP) is 4.95. The van der Waals surface area contributed by atoms with Crippen LogP contribution in [-0.2, 0) is 17.3 Å². The number of hydrogen-bond acceptors (Lipinski definition) is 2. The van der Waals surface area contributed by atoms with Gasteiger partial charge in [-0.25, -0.2) is 9.18 Å². The lowest BCUT2D eigenvalue weighted by Crippen LogP contribution is -2.40. The van der Waals surface area contributed by atoms with Gasteiger partial charge in [0.25, 0.3) is 0 Å². The number of carbonyl (C=O) groups excluding carboxylic acids is 1. The molecule has 0 aliphatic carbocycles. The molecule has 3 nitrogen and oxygen atoms in total. The average molecular weight is 359 g/mol. The third-order valence-electron chi connectivity index (χ3n) is 3.59. The topological polar surface area (TPSA) is 29.5 Å². The highest BCUT2D eigenvalue weighted by Gasteiger charge is 2.31. The van der Waals surface area contributed by atoms with Crippen molar-refractivity contribution in [2.45, 2.75) is 45.4 Å². The summed E-state index contributed by atoms with van der Waals surface area (Å²) in [5, 5.41) is 0. The Bertz CT molecular complexity index is 675. The molecule has 0 saturated heterocycles. The minimum atomic E-state index is -4.60. The van der Waals surface area contributed by atoms with Gasteiger partial charge in [-0.15, -0.1) is 0 Å². The van der Waals surface area contributed by atoms with Crippen molar-refractivity contribution in [3.63, 3.8) is 0 Å². The molecule has 1 aliphatic heterocycles. The molecule has 0 radical (unpaired) electrons. The molecule has 0 fully saturated rings. The number of rotatable bonds is 2. The van der Waals surface area contributed by atoms with Crippen molar-refractivity contribution in [1.29, 1.82) is 0 Å². The van der Waals surface area contributed by atoms with Crippen LogP contribution in [0, 0.1) is 5.82 Å². The first-order valence-electron chi connectivity index (χ1n) is 7.96. The first kappa shape index (κ1) is 19.3. The predicted molar refractivity (Wildman–Crippen MR) is 85.6 cm³/mol. The molecule has 0 N–H and O–H groups in total. The fourth-order valence-electron chi connectivity index (χ4n) is 2.60. The van der Waals surface area contributed by atoms with E-state index in [0.29, 0.717) is 19.0 Å². The number of nitrogens with zero attached hydrogens (tertiary/aromatic N) is 1. The third-order valence-corrected chi connectivity index (χ3v) is 3.59. The van der Waals surface area contributed by atoms with E-state index < -0.39 is 29.3 Å². The number of hydrogen-bond donors (Lipinski definition) is 0. The Kier molecular flexibility index (Phi) is 5.44. The van der Waals surface area contributed by atoms with E-state index in [1.165, 1.54) is 4.90 Å². The van der Waals surface area contributed by atoms with Crippen LogP contribution in [0.1, 0.15) is 38.3 Å². The van der Waals surface area contributed by atoms with Crippen LogP contribution < -0.4 is 0 Å². The number of alkyl halides is 3. The Hall–Kier alpha value is -2.05. The van der Waals surface area contributed by atoms with Crippen molar-refractivity contribution in [2.75, 3.05) is 13.1 Å². The summed E-state index contributed by atoms with van der Waals surface area (Å²) in [6.45, 7) is 6.02. The van der Waals surface area contributed by atoms with Crippen LogP contribution in [0.4, 0.5) is 22.4 Å². The van der Waals surface area contributed by atoms with Gasteiger partial charge in [0.15, 0.2) is 0 Å². The molecule has 0 aromatic heterocycles. The maximum Gasteiger partial charge on any atom is 0.416 e. The maximum absolute atomic E-state index is 13.5. The normalized spacial score (nSPS) is 15.8. The summed E-state index contributed by atoms with van der Waals surface area (Å²) in [6.07, 6.45) is -2.46. The molecule has 7 heteroatoms. The van der Waals surface area contributed by atoms with Gasteiger partial charge in [-0.2, -0.15) is 13.2 Å². The third kappa shape index (κ3) is 5.76. The Labute approximate surface area is 144 Å². The van der Waals surface area contributed by atoms with Crippen LogP contribution in [0.3, 0.4) is 0 Å². The summed E-state index contributed by atoms with van der Waals surface area (Å²) in [7, 11) is 0. The van der Waals surface area contributed by atoms with Gasteiger partial charge in [-0.3, -0.25) is 0 Å². The van der Waals surface area contributed by atoms with Crippen LogP contribution in [0.5, 0.6) is 0 Å². The second kappa shape index (κ2) is 7.06. The van der Waals surface area contributed by atoms with Crippen LogP contribution in [0.2, 0.25) is 0 Å². The van der Waals surface area contributed by atoms with E-state index >= 15 is 0 Å². The zero-order valence-electron chi connectivity index (χ0n) is 14.4. The molecule has 1 heterocycles. The van der Waals surface area contributed by atoms with Crippen molar-refractivity contribution >= 4 is 6.09 Å². The van der Waals surface area contributed by atoms with E-state index in [2.05, 4.69) is 0 Å². The molecule has 25 heavy (non-hydrogen) atoms. The van der Waals surface area contributed by atoms with Gasteiger partial charge in [0, 0.05) is 13.1 Å². The highest BCUT2D eigenvalue weighted by Crippen LogP contribution is 2.31. The first-order valence-corrected chi connectivity index (χ1v) is 7.96. The molecule has 1 aliphatic rings. The van der Waals surface area contributed by atoms with E-state index in [-0.39, 0.29) is 18.5 Å². The van der Waals surface area contributed by atoms with E-state index in [4.69, 9.17) is 4.74 Å². The van der Waals surface area contributed by atoms with E-state index in [9.17, 15) is 22.4 Å². The van der Waals surface area contributed by atoms with E-state index in [1.54, 1.807) is 20.8 Å². The summed E-state index contributed by atoms with van der Waals surface area (Å²) in [4.78, 5) is 13.6. The molecule has 1 aromatic rings. The second-order valence-electron chi connectivity index (χ2n) is 7.08. The van der Waals surface area contributed by atoms with Gasteiger partial charge >= 0.3 is 12.3 Å². The minimum Gasteiger partial charge on any atom is -0.444 e. The molecule has 138 valence electrons. The van der Waals surface area contributed by atoms with Gasteiger partial charge in [-0.05, 0) is 57.4 Å². The lowest BCUT2D eigenvalue weighted by atomic mass is 9.99. The van der Waals surface area contributed by atoms with Gasteiger partial charge in [0.2, 0.25) is 0 Å². The Balaban J connectivity index is 2.10. The van der Waals surface area contributed by atoms with Crippen LogP contribution in [0.25, 0.3) is 0 Å². The van der Waals surface area contributed by atoms with Crippen LogP contribution >= 0.6 is 0 Å². The standard InChI is InChI=1S/C18H21F4NO2/c1-17(2,3)25-16(24)23-6-4-5-12(11-23)7-13-8-14(18(20,21)22)10-15(19)9-13/h5,8-10H,4,6-7,11H2,1-3H3. The number of halogens is 4. The summed E-state index contributed by atoms with van der Waals surface area (Å²) >= 11 is 0. The number of amides is 1. The molecule has 2 rings (SSSR count). The van der Waals surface area contributed by atoms with Gasteiger partial charge in [0.05, 0.1) is 5.56 Å². The molecular formula is C18H21F4NO2. The van der Waals surface area contributed by atoms with E-state index in [1.807, 2.05) is 6.08 Å². The van der Waals surface area contributed by atoms with Crippen LogP contribution in [0.15, 0.2) is 29.8 Å². The van der Waals surface area contributed by atoms with Crippen molar-refractivity contribution in [3.05, 3.63) is 46.8 Å². The Morgan fingerprint density at radius 1 is 1.20 bits per heavy atom. The number of benzene rings is 1.